The molecule has 6 heteroatoms. The van der Waals surface area contributed by atoms with Gasteiger partial charge in [0.05, 0.1) is 13.7 Å². The predicted molar refractivity (Wildman–Crippen MR) is 75.6 cm³/mol. The normalized spacial score (nSPS) is 11.0. The Morgan fingerprint density at radius 2 is 1.90 bits per heavy atom. The molecule has 0 bridgehead atoms. The molecule has 0 amide bonds. The van der Waals surface area contributed by atoms with E-state index < -0.39 is 17.9 Å². The molecule has 21 heavy (non-hydrogen) atoms. The summed E-state index contributed by atoms with van der Waals surface area (Å²) >= 11 is 0. The second kappa shape index (κ2) is 7.77. The molecule has 0 saturated heterocycles. The van der Waals surface area contributed by atoms with Gasteiger partial charge in [-0.3, -0.25) is 0 Å². The Hall–Kier alpha value is -2.72. The van der Waals surface area contributed by atoms with E-state index in [9.17, 15) is 9.59 Å². The van der Waals surface area contributed by atoms with Gasteiger partial charge in [-0.2, -0.15) is 4.79 Å². The number of carbonyl (C=O) groups excluding carboxylic acids is 2. The number of nitrogens with zero attached hydrogens (tertiary/aromatic N) is 2. The number of carbonyl (C=O) groups is 2. The van der Waals surface area contributed by atoms with Gasteiger partial charge in [0.2, 0.25) is 0 Å². The molecule has 0 unspecified atom stereocenters. The zero-order valence-electron chi connectivity index (χ0n) is 11.9. The van der Waals surface area contributed by atoms with Crippen LogP contribution in [-0.4, -0.2) is 36.2 Å². The summed E-state index contributed by atoms with van der Waals surface area (Å²) in [5.74, 6) is -2.46. The summed E-state index contributed by atoms with van der Waals surface area (Å²) in [7, 11) is 1.20. The summed E-state index contributed by atoms with van der Waals surface area (Å²) in [6, 6.07) is 8.61. The molecule has 0 fully saturated rings. The molecular formula is C15H16N2O4. The smallest absolute Gasteiger partial charge is 0.417 e. The summed E-state index contributed by atoms with van der Waals surface area (Å²) in [5, 5.41) is 0. The second-order valence-electron chi connectivity index (χ2n) is 4.07. The lowest BCUT2D eigenvalue weighted by Gasteiger charge is -2.14. The van der Waals surface area contributed by atoms with Crippen molar-refractivity contribution in [1.29, 1.82) is 0 Å². The van der Waals surface area contributed by atoms with Crippen molar-refractivity contribution in [1.82, 2.24) is 0 Å². The predicted octanol–water partition coefficient (Wildman–Crippen LogP) is 1.73. The summed E-state index contributed by atoms with van der Waals surface area (Å²) in [5.41, 5.74) is 9.37. The van der Waals surface area contributed by atoms with Gasteiger partial charge in [0.25, 0.3) is 0 Å². The fraction of sp³-hybridized carbons (Fsp3) is 0.267. The Morgan fingerprint density at radius 3 is 2.38 bits per heavy atom. The van der Waals surface area contributed by atoms with E-state index in [0.717, 1.165) is 0 Å². The summed E-state index contributed by atoms with van der Waals surface area (Å²) in [4.78, 5) is 26.6. The first-order valence-electron chi connectivity index (χ1n) is 6.27. The van der Waals surface area contributed by atoms with E-state index in [-0.39, 0.29) is 17.9 Å². The first kappa shape index (κ1) is 16.3. The minimum Gasteiger partial charge on any atom is -0.466 e. The molecule has 0 aliphatic carbocycles. The van der Waals surface area contributed by atoms with Crippen LogP contribution in [-0.2, 0) is 19.1 Å². The lowest BCUT2D eigenvalue weighted by Crippen LogP contribution is -2.29. The Labute approximate surface area is 122 Å². The summed E-state index contributed by atoms with van der Waals surface area (Å²) in [6.45, 7) is 5.38. The third kappa shape index (κ3) is 3.87. The topological polar surface area (TPSA) is 89.0 Å². The molecule has 1 aromatic rings. The number of methoxy groups -OCH3 is 1. The van der Waals surface area contributed by atoms with Crippen LogP contribution in [0.5, 0.6) is 0 Å². The van der Waals surface area contributed by atoms with Crippen LogP contribution >= 0.6 is 0 Å². The van der Waals surface area contributed by atoms with Gasteiger partial charge in [-0.25, -0.2) is 9.59 Å². The third-order valence-electron chi connectivity index (χ3n) is 2.79. The van der Waals surface area contributed by atoms with Gasteiger partial charge in [-0.15, -0.1) is 0 Å². The van der Waals surface area contributed by atoms with Gasteiger partial charge in [-0.1, -0.05) is 36.9 Å². The highest BCUT2D eigenvalue weighted by atomic mass is 16.5. The average molecular weight is 288 g/mol. The molecule has 0 N–H and O–H groups in total. The molecule has 0 saturated carbocycles. The Morgan fingerprint density at radius 1 is 1.29 bits per heavy atom. The van der Waals surface area contributed by atoms with Crippen molar-refractivity contribution in [2.45, 2.75) is 12.8 Å². The first-order valence-corrected chi connectivity index (χ1v) is 6.27. The van der Waals surface area contributed by atoms with Crippen LogP contribution in [0.25, 0.3) is 5.53 Å². The van der Waals surface area contributed by atoms with Gasteiger partial charge in [0.1, 0.15) is 5.92 Å². The molecule has 0 radical (unpaired) electrons. The molecule has 0 aliphatic rings. The Bertz CT molecular complexity index is 589. The highest BCUT2D eigenvalue weighted by Crippen LogP contribution is 2.25. The van der Waals surface area contributed by atoms with E-state index in [1.165, 1.54) is 7.11 Å². The molecule has 1 rings (SSSR count). The molecule has 0 heterocycles. The molecule has 1 aromatic carbocycles. The standard InChI is InChI=1S/C15H16N2O4/c1-4-21-15(19)13(17-16)12(10(2)14(18)20-3)11-8-6-5-7-9-11/h5-9,12H,2,4H2,1,3H3/t12-/m1/s1. The lowest BCUT2D eigenvalue weighted by molar-refractivity contribution is -0.140. The van der Waals surface area contributed by atoms with E-state index >= 15 is 0 Å². The van der Waals surface area contributed by atoms with Crippen LogP contribution in [0.2, 0.25) is 0 Å². The Kier molecular flexibility index (Phi) is 6.04. The average Bonchev–Trinajstić information content (AvgIpc) is 2.51. The van der Waals surface area contributed by atoms with E-state index in [4.69, 9.17) is 10.3 Å². The van der Waals surface area contributed by atoms with Gasteiger partial charge >= 0.3 is 17.7 Å². The summed E-state index contributed by atoms with van der Waals surface area (Å²) in [6.07, 6.45) is 0. The van der Waals surface area contributed by atoms with Gasteiger partial charge in [0.15, 0.2) is 0 Å². The number of hydrogen-bond donors (Lipinski definition) is 0. The van der Waals surface area contributed by atoms with Crippen LogP contribution in [0.3, 0.4) is 0 Å². The van der Waals surface area contributed by atoms with Crippen molar-refractivity contribution in [3.63, 3.8) is 0 Å². The maximum Gasteiger partial charge on any atom is 0.417 e. The van der Waals surface area contributed by atoms with Gasteiger partial charge in [-0.05, 0) is 12.5 Å². The van der Waals surface area contributed by atoms with Crippen molar-refractivity contribution in [3.05, 3.63) is 53.6 Å². The molecule has 6 nitrogen and oxygen atoms in total. The van der Waals surface area contributed by atoms with Gasteiger partial charge < -0.3 is 15.0 Å². The van der Waals surface area contributed by atoms with Crippen LogP contribution in [0, 0.1) is 0 Å². The minimum absolute atomic E-state index is 0.0236. The SMILES string of the molecule is C=C(C(=O)OC)[C@@H](C(=[N+]=[N-])C(=O)OCC)c1ccccc1. The van der Waals surface area contributed by atoms with E-state index in [2.05, 4.69) is 16.1 Å². The quantitative estimate of drug-likeness (QED) is 0.262. The summed E-state index contributed by atoms with van der Waals surface area (Å²) < 4.78 is 9.46. The number of ether oxygens (including phenoxy) is 2. The van der Waals surface area contributed by atoms with Crippen molar-refractivity contribution in [2.75, 3.05) is 13.7 Å². The fourth-order valence-corrected chi connectivity index (χ4v) is 1.84. The molecule has 1 atom stereocenters. The van der Waals surface area contributed by atoms with Gasteiger partial charge in [0, 0.05) is 5.57 Å². The van der Waals surface area contributed by atoms with E-state index in [1.54, 1.807) is 37.3 Å². The highest BCUT2D eigenvalue weighted by molar-refractivity contribution is 6.37. The number of benzene rings is 1. The van der Waals surface area contributed by atoms with E-state index in [0.29, 0.717) is 5.56 Å². The van der Waals surface area contributed by atoms with Crippen LogP contribution in [0.15, 0.2) is 42.5 Å². The maximum atomic E-state index is 11.9. The van der Waals surface area contributed by atoms with Crippen LogP contribution in [0.1, 0.15) is 18.4 Å². The molecule has 110 valence electrons. The monoisotopic (exact) mass is 288 g/mol. The van der Waals surface area contributed by atoms with Crippen LogP contribution < -0.4 is 0 Å². The number of esters is 2. The van der Waals surface area contributed by atoms with Crippen molar-refractivity contribution >= 4 is 17.7 Å². The third-order valence-corrected chi connectivity index (χ3v) is 2.79. The number of rotatable bonds is 6. The molecule has 0 spiro atoms. The largest absolute Gasteiger partial charge is 0.466 e. The Balaban J connectivity index is 3.32. The van der Waals surface area contributed by atoms with Crippen molar-refractivity contribution in [2.24, 2.45) is 0 Å². The maximum absolute atomic E-state index is 11.9. The fourth-order valence-electron chi connectivity index (χ4n) is 1.84. The lowest BCUT2D eigenvalue weighted by atomic mass is 9.87. The zero-order chi connectivity index (χ0) is 15.8. The van der Waals surface area contributed by atoms with E-state index in [1.807, 2.05) is 0 Å². The van der Waals surface area contributed by atoms with Crippen molar-refractivity contribution < 1.29 is 23.9 Å². The highest BCUT2D eigenvalue weighted by Gasteiger charge is 2.38. The minimum atomic E-state index is -0.942. The molecule has 0 aromatic heterocycles. The zero-order valence-corrected chi connectivity index (χ0v) is 11.9. The molecular weight excluding hydrogens is 272 g/mol. The number of hydrogen-bond acceptors (Lipinski definition) is 4. The first-order chi connectivity index (χ1) is 10.1. The van der Waals surface area contributed by atoms with Crippen molar-refractivity contribution in [3.8, 4) is 0 Å². The molecule has 0 aliphatic heterocycles. The van der Waals surface area contributed by atoms with Crippen LogP contribution in [0.4, 0.5) is 0 Å². The second-order valence-corrected chi connectivity index (χ2v) is 4.07.